The summed E-state index contributed by atoms with van der Waals surface area (Å²) in [5.74, 6) is 0. The number of carbonyl (C=O) groups is 2. The van der Waals surface area contributed by atoms with Crippen molar-refractivity contribution in [2.75, 3.05) is 13.1 Å². The molecule has 0 aromatic rings. The number of nitrogens with zero attached hydrogens (tertiary/aromatic N) is 2. The highest BCUT2D eigenvalue weighted by molar-refractivity contribution is 8.74. The third kappa shape index (κ3) is 9.37. The number of alkyl carbamates (subject to hydrolysis) is 2. The summed E-state index contributed by atoms with van der Waals surface area (Å²) in [6.45, 7) is 23.4. The van der Waals surface area contributed by atoms with E-state index in [-0.39, 0.29) is 46.6 Å². The predicted octanol–water partition coefficient (Wildman–Crippen LogP) is 7.29. The van der Waals surface area contributed by atoms with E-state index in [9.17, 15) is 9.59 Å². The van der Waals surface area contributed by atoms with Crippen molar-refractivity contribution in [1.29, 1.82) is 0 Å². The van der Waals surface area contributed by atoms with E-state index in [1.165, 1.54) is 0 Å². The molecule has 0 aromatic heterocycles. The Bertz CT molecular complexity index is 691. The summed E-state index contributed by atoms with van der Waals surface area (Å²) in [4.78, 5) is 24.7. The molecule has 8 nitrogen and oxygen atoms in total. The minimum absolute atomic E-state index is 0.118. The van der Waals surface area contributed by atoms with Crippen LogP contribution in [0.25, 0.3) is 0 Å². The fourth-order valence-corrected chi connectivity index (χ4v) is 10.2. The van der Waals surface area contributed by atoms with Crippen LogP contribution in [0.1, 0.15) is 121 Å². The number of ether oxygens (including phenoxy) is 2. The zero-order chi connectivity index (χ0) is 28.8. The van der Waals surface area contributed by atoms with Crippen molar-refractivity contribution in [3.05, 3.63) is 0 Å². The molecule has 0 spiro atoms. The monoisotopic (exact) mass is 574 g/mol. The van der Waals surface area contributed by atoms with E-state index in [1.54, 1.807) is 22.0 Å². The van der Waals surface area contributed by atoms with E-state index >= 15 is 0 Å². The largest absolute Gasteiger partial charge is 0.446 e. The SMILES string of the molecule is CCCCNC(=O)OC1CC(C)(C)N(SSN2C(C)(C)CC(OC(=O)NCCCC)CC2(C)C)C(C)(C)C1. The van der Waals surface area contributed by atoms with Gasteiger partial charge in [0.1, 0.15) is 12.2 Å². The first-order valence-corrected chi connectivity index (χ1v) is 16.4. The molecule has 2 N–H and O–H groups in total. The maximum absolute atomic E-state index is 12.3. The summed E-state index contributed by atoms with van der Waals surface area (Å²) in [6.07, 6.45) is 6.27. The van der Waals surface area contributed by atoms with Gasteiger partial charge in [0.2, 0.25) is 0 Å². The number of carbonyl (C=O) groups excluding carboxylic acids is 2. The molecule has 2 heterocycles. The second-order valence-corrected chi connectivity index (χ2v) is 15.3. The fraction of sp³-hybridized carbons (Fsp3) is 0.929. The maximum atomic E-state index is 12.3. The summed E-state index contributed by atoms with van der Waals surface area (Å²) < 4.78 is 16.6. The van der Waals surface area contributed by atoms with Gasteiger partial charge in [-0.15, -0.1) is 0 Å². The van der Waals surface area contributed by atoms with Crippen molar-refractivity contribution in [2.24, 2.45) is 0 Å². The highest BCUT2D eigenvalue weighted by atomic mass is 33.1. The van der Waals surface area contributed by atoms with Gasteiger partial charge in [-0.25, -0.2) is 18.2 Å². The average Bonchev–Trinajstić information content (AvgIpc) is 2.73. The van der Waals surface area contributed by atoms with Crippen LogP contribution in [0.2, 0.25) is 0 Å². The van der Waals surface area contributed by atoms with Crippen LogP contribution in [-0.2, 0) is 9.47 Å². The topological polar surface area (TPSA) is 83.1 Å². The number of piperidine rings is 2. The lowest BCUT2D eigenvalue weighted by Crippen LogP contribution is -2.61. The van der Waals surface area contributed by atoms with E-state index in [2.05, 4.69) is 88.5 Å². The molecule has 0 aliphatic carbocycles. The van der Waals surface area contributed by atoms with Gasteiger partial charge >= 0.3 is 12.2 Å². The molecule has 0 aromatic carbocycles. The molecular formula is C28H54N4O4S2. The van der Waals surface area contributed by atoms with Gasteiger partial charge in [0.05, 0.1) is 0 Å². The van der Waals surface area contributed by atoms with Crippen LogP contribution < -0.4 is 10.6 Å². The van der Waals surface area contributed by atoms with Crippen LogP contribution in [0, 0.1) is 0 Å². The van der Waals surface area contributed by atoms with E-state index in [0.717, 1.165) is 51.4 Å². The molecule has 0 radical (unpaired) electrons. The number of nitrogens with one attached hydrogen (secondary N) is 2. The van der Waals surface area contributed by atoms with Gasteiger partial charge in [-0.1, -0.05) is 26.7 Å². The van der Waals surface area contributed by atoms with E-state index < -0.39 is 0 Å². The molecule has 2 rings (SSSR count). The molecule has 0 saturated carbocycles. The molecule has 2 fully saturated rings. The Labute approximate surface area is 240 Å². The molecule has 222 valence electrons. The summed E-state index contributed by atoms with van der Waals surface area (Å²) in [5.41, 5.74) is -0.666. The molecule has 0 bridgehead atoms. The Morgan fingerprint density at radius 2 is 0.947 bits per heavy atom. The second-order valence-electron chi connectivity index (χ2n) is 13.4. The van der Waals surface area contributed by atoms with Gasteiger partial charge in [-0.3, -0.25) is 0 Å². The normalized spacial score (nSPS) is 23.5. The van der Waals surface area contributed by atoms with Gasteiger partial charge in [0.15, 0.2) is 0 Å². The Morgan fingerprint density at radius 3 is 1.21 bits per heavy atom. The van der Waals surface area contributed by atoms with Gasteiger partial charge in [0, 0.05) is 82.9 Å². The Kier molecular flexibility index (Phi) is 12.0. The smallest absolute Gasteiger partial charge is 0.407 e. The lowest BCUT2D eigenvalue weighted by molar-refractivity contribution is -0.0312. The molecule has 38 heavy (non-hydrogen) atoms. The summed E-state index contributed by atoms with van der Waals surface area (Å²) in [7, 11) is 3.58. The van der Waals surface area contributed by atoms with Crippen LogP contribution in [0.5, 0.6) is 0 Å². The number of rotatable bonds is 11. The fourth-order valence-electron chi connectivity index (χ4n) is 6.10. The summed E-state index contributed by atoms with van der Waals surface area (Å²) in [6, 6.07) is 0. The van der Waals surface area contributed by atoms with E-state index in [0.29, 0.717) is 13.1 Å². The minimum Gasteiger partial charge on any atom is -0.446 e. The average molecular weight is 575 g/mol. The molecule has 2 aliphatic rings. The van der Waals surface area contributed by atoms with Crippen LogP contribution in [0.4, 0.5) is 9.59 Å². The molecular weight excluding hydrogens is 520 g/mol. The Balaban J connectivity index is 2.01. The molecule has 2 aliphatic heterocycles. The number of unbranched alkanes of at least 4 members (excludes halogenated alkanes) is 2. The summed E-state index contributed by atoms with van der Waals surface area (Å²) in [5, 5.41) is 5.77. The molecule has 0 unspecified atom stereocenters. The number of hydrogen-bond donors (Lipinski definition) is 2. The molecule has 10 heteroatoms. The van der Waals surface area contributed by atoms with E-state index in [4.69, 9.17) is 9.47 Å². The van der Waals surface area contributed by atoms with Gasteiger partial charge in [-0.05, 0) is 68.2 Å². The standard InChI is InChI=1S/C28H54N4O4S2/c1-11-13-15-29-23(33)35-21-17-25(3,4)31(26(5,6)18-21)37-38-32-27(7,8)19-22(20-28(32,9)10)36-24(34)30-16-14-12-2/h21-22H,11-20H2,1-10H3,(H,29,33)(H,30,34). The Hall–Kier alpha value is -0.840. The number of hydrogen-bond acceptors (Lipinski definition) is 8. The molecule has 2 saturated heterocycles. The first-order chi connectivity index (χ1) is 17.5. The zero-order valence-corrected chi connectivity index (χ0v) is 27.2. The van der Waals surface area contributed by atoms with Crippen LogP contribution >= 0.6 is 22.0 Å². The molecule has 2 amide bonds. The van der Waals surface area contributed by atoms with Gasteiger partial charge < -0.3 is 20.1 Å². The van der Waals surface area contributed by atoms with Gasteiger partial charge in [-0.2, -0.15) is 0 Å². The van der Waals surface area contributed by atoms with Gasteiger partial charge in [0.25, 0.3) is 0 Å². The highest BCUT2D eigenvalue weighted by Crippen LogP contribution is 2.53. The second kappa shape index (κ2) is 13.7. The van der Waals surface area contributed by atoms with Crippen molar-refractivity contribution < 1.29 is 19.1 Å². The quantitative estimate of drug-likeness (QED) is 0.151. The third-order valence-corrected chi connectivity index (χ3v) is 10.9. The maximum Gasteiger partial charge on any atom is 0.407 e. The van der Waals surface area contributed by atoms with Crippen molar-refractivity contribution >= 4 is 34.1 Å². The lowest BCUT2D eigenvalue weighted by Gasteiger charge is -2.56. The van der Waals surface area contributed by atoms with E-state index in [1.807, 2.05) is 0 Å². The lowest BCUT2D eigenvalue weighted by atomic mass is 9.81. The minimum atomic E-state index is -0.307. The Morgan fingerprint density at radius 1 is 0.658 bits per heavy atom. The van der Waals surface area contributed by atoms with Crippen LogP contribution in [0.15, 0.2) is 0 Å². The third-order valence-electron chi connectivity index (χ3n) is 7.44. The van der Waals surface area contributed by atoms with Crippen molar-refractivity contribution in [3.63, 3.8) is 0 Å². The first kappa shape index (κ1) is 33.4. The molecule has 0 atom stereocenters. The van der Waals surface area contributed by atoms with Crippen molar-refractivity contribution in [1.82, 2.24) is 19.2 Å². The van der Waals surface area contributed by atoms with Crippen LogP contribution in [-0.4, -0.2) is 68.3 Å². The summed E-state index contributed by atoms with van der Waals surface area (Å²) >= 11 is 0. The highest BCUT2D eigenvalue weighted by Gasteiger charge is 2.51. The van der Waals surface area contributed by atoms with Crippen LogP contribution in [0.3, 0.4) is 0 Å². The zero-order valence-electron chi connectivity index (χ0n) is 25.6. The van der Waals surface area contributed by atoms with Crippen molar-refractivity contribution in [2.45, 2.75) is 155 Å². The predicted molar refractivity (Wildman–Crippen MR) is 160 cm³/mol. The number of amides is 2. The van der Waals surface area contributed by atoms with Crippen molar-refractivity contribution in [3.8, 4) is 0 Å². The first-order valence-electron chi connectivity index (χ1n) is 14.4.